The van der Waals surface area contributed by atoms with Crippen molar-refractivity contribution in [2.75, 3.05) is 19.6 Å². The highest BCUT2D eigenvalue weighted by molar-refractivity contribution is 8.93. The van der Waals surface area contributed by atoms with Crippen LogP contribution in [0.2, 0.25) is 0 Å². The molecule has 4 nitrogen and oxygen atoms in total. The first-order chi connectivity index (χ1) is 13.0. The van der Waals surface area contributed by atoms with Crippen molar-refractivity contribution in [3.8, 4) is 0 Å². The second kappa shape index (κ2) is 10.5. The summed E-state index contributed by atoms with van der Waals surface area (Å²) in [4.78, 5) is 2.55. The van der Waals surface area contributed by atoms with Gasteiger partial charge in [-0.2, -0.15) is 0 Å². The van der Waals surface area contributed by atoms with Gasteiger partial charge in [0.25, 0.3) is 0 Å². The zero-order valence-electron chi connectivity index (χ0n) is 17.0. The largest absolute Gasteiger partial charge is 0.293 e. The van der Waals surface area contributed by atoms with Crippen LogP contribution in [-0.2, 0) is 10.0 Å². The average molecular weight is 556 g/mol. The third kappa shape index (κ3) is 5.62. The molecule has 8 heteroatoms. The van der Waals surface area contributed by atoms with E-state index >= 15 is 0 Å². The minimum Gasteiger partial charge on any atom is -0.293 e. The fourth-order valence-electron chi connectivity index (χ4n) is 4.98. The number of hydrogen-bond donors (Lipinski definition) is 0. The van der Waals surface area contributed by atoms with E-state index in [4.69, 9.17) is 0 Å². The number of nitrogens with zero attached hydrogens (tertiary/aromatic N) is 2. The summed E-state index contributed by atoms with van der Waals surface area (Å²) in [5.74, 6) is 0.189. The Morgan fingerprint density at radius 2 is 1.69 bits per heavy atom. The Hall–Kier alpha value is -0.0200. The summed E-state index contributed by atoms with van der Waals surface area (Å²) in [5, 5.41) is -0.129. The molecule has 3 aliphatic rings. The molecule has 166 valence electrons. The van der Waals surface area contributed by atoms with E-state index in [0.717, 1.165) is 37.8 Å². The van der Waals surface area contributed by atoms with E-state index in [9.17, 15) is 12.8 Å². The molecule has 0 bridgehead atoms. The van der Waals surface area contributed by atoms with E-state index in [2.05, 4.69) is 11.8 Å². The highest BCUT2D eigenvalue weighted by atomic mass is 79.9. The van der Waals surface area contributed by atoms with Crippen LogP contribution in [0.1, 0.15) is 63.5 Å². The van der Waals surface area contributed by atoms with Crippen molar-refractivity contribution in [3.05, 3.63) is 35.6 Å². The van der Waals surface area contributed by atoms with E-state index in [1.807, 2.05) is 6.07 Å². The molecular formula is C21H33Br2FN2O2S. The van der Waals surface area contributed by atoms with Crippen LogP contribution in [0.25, 0.3) is 0 Å². The molecule has 0 radical (unpaired) electrons. The fourth-order valence-corrected chi connectivity index (χ4v) is 6.85. The van der Waals surface area contributed by atoms with Crippen molar-refractivity contribution in [2.45, 2.75) is 69.2 Å². The lowest BCUT2D eigenvalue weighted by atomic mass is 9.83. The molecule has 29 heavy (non-hydrogen) atoms. The monoisotopic (exact) mass is 554 g/mol. The number of halogens is 3. The molecule has 3 fully saturated rings. The summed E-state index contributed by atoms with van der Waals surface area (Å²) in [6.07, 6.45) is 6.98. The summed E-state index contributed by atoms with van der Waals surface area (Å²) in [6.45, 7) is 4.54. The molecule has 0 amide bonds. The van der Waals surface area contributed by atoms with Crippen molar-refractivity contribution >= 4 is 44.0 Å². The number of likely N-dealkylation sites (tertiary alicyclic amines) is 1. The SMILES string of the molecule is Br.Br.C[C@H]1CCCCN1[C@@H](c1cccc(F)c1)C1CCN(S(=O)(=O)C2CC2)CC1. The van der Waals surface area contributed by atoms with Gasteiger partial charge in [0.05, 0.1) is 5.25 Å². The minimum atomic E-state index is -3.09. The van der Waals surface area contributed by atoms with E-state index in [1.165, 1.54) is 25.3 Å². The maximum absolute atomic E-state index is 14.0. The molecule has 1 aromatic rings. The number of sulfonamides is 1. The summed E-state index contributed by atoms with van der Waals surface area (Å²) in [7, 11) is -3.09. The Morgan fingerprint density at radius 3 is 2.28 bits per heavy atom. The maximum Gasteiger partial charge on any atom is 0.216 e. The van der Waals surface area contributed by atoms with Gasteiger partial charge in [-0.3, -0.25) is 4.90 Å². The molecular weight excluding hydrogens is 523 g/mol. The van der Waals surface area contributed by atoms with Crippen molar-refractivity contribution < 1.29 is 12.8 Å². The van der Waals surface area contributed by atoms with Crippen LogP contribution in [0, 0.1) is 11.7 Å². The lowest BCUT2D eigenvalue weighted by molar-refractivity contribution is 0.0505. The molecule has 0 spiro atoms. The molecule has 1 saturated carbocycles. The third-order valence-corrected chi connectivity index (χ3v) is 9.05. The highest BCUT2D eigenvalue weighted by Gasteiger charge is 2.43. The van der Waals surface area contributed by atoms with Gasteiger partial charge in [0, 0.05) is 25.2 Å². The topological polar surface area (TPSA) is 40.6 Å². The molecule has 4 rings (SSSR count). The molecule has 1 aliphatic carbocycles. The standard InChI is InChI=1S/C21H31FN2O2S.2BrH/c1-16-5-2-3-12-24(16)21(18-6-4-7-19(22)15-18)17-10-13-23(14-11-17)27(25,26)20-8-9-20;;/h4,6-7,15-17,20-21H,2-3,5,8-14H2,1H3;2*1H/t16-,21+;;/m0../s1. The number of benzene rings is 1. The molecule has 2 aliphatic heterocycles. The molecule has 0 aromatic heterocycles. The van der Waals surface area contributed by atoms with Gasteiger partial charge in [0.15, 0.2) is 0 Å². The Balaban J connectivity index is 0.00000150. The first-order valence-electron chi connectivity index (χ1n) is 10.5. The van der Waals surface area contributed by atoms with Gasteiger partial charge in [0.1, 0.15) is 5.82 Å². The molecule has 0 N–H and O–H groups in total. The number of piperidine rings is 2. The second-order valence-electron chi connectivity index (χ2n) is 8.56. The van der Waals surface area contributed by atoms with Gasteiger partial charge in [-0.25, -0.2) is 17.1 Å². The summed E-state index contributed by atoms with van der Waals surface area (Å²) < 4.78 is 40.8. The summed E-state index contributed by atoms with van der Waals surface area (Å²) in [5.41, 5.74) is 1.05. The van der Waals surface area contributed by atoms with Crippen molar-refractivity contribution in [3.63, 3.8) is 0 Å². The predicted octanol–water partition coefficient (Wildman–Crippen LogP) is 5.10. The first kappa shape index (κ1) is 25.2. The summed E-state index contributed by atoms with van der Waals surface area (Å²) >= 11 is 0. The smallest absolute Gasteiger partial charge is 0.216 e. The Labute approximate surface area is 195 Å². The Bertz CT molecular complexity index is 768. The van der Waals surface area contributed by atoms with Crippen LogP contribution in [0.15, 0.2) is 24.3 Å². The van der Waals surface area contributed by atoms with Crippen LogP contribution in [-0.4, -0.2) is 48.5 Å². The zero-order chi connectivity index (χ0) is 19.0. The Morgan fingerprint density at radius 1 is 1.00 bits per heavy atom. The lowest BCUT2D eigenvalue weighted by Crippen LogP contribution is -2.47. The van der Waals surface area contributed by atoms with Gasteiger partial charge in [-0.1, -0.05) is 18.6 Å². The van der Waals surface area contributed by atoms with Crippen LogP contribution in [0.3, 0.4) is 0 Å². The number of rotatable bonds is 5. The predicted molar refractivity (Wildman–Crippen MR) is 126 cm³/mol. The van der Waals surface area contributed by atoms with Crippen LogP contribution in [0.5, 0.6) is 0 Å². The molecule has 2 saturated heterocycles. The molecule has 2 heterocycles. The van der Waals surface area contributed by atoms with E-state index in [1.54, 1.807) is 16.4 Å². The first-order valence-corrected chi connectivity index (χ1v) is 12.0. The maximum atomic E-state index is 14.0. The van der Waals surface area contributed by atoms with Gasteiger partial charge < -0.3 is 0 Å². The molecule has 1 aromatic carbocycles. The zero-order valence-corrected chi connectivity index (χ0v) is 21.2. The van der Waals surface area contributed by atoms with E-state index in [0.29, 0.717) is 25.0 Å². The van der Waals surface area contributed by atoms with Gasteiger partial charge in [-0.05, 0) is 75.6 Å². The molecule has 0 unspecified atom stereocenters. The second-order valence-corrected chi connectivity index (χ2v) is 10.8. The summed E-state index contributed by atoms with van der Waals surface area (Å²) in [6, 6.07) is 7.70. The highest BCUT2D eigenvalue weighted by Crippen LogP contribution is 2.41. The van der Waals surface area contributed by atoms with Crippen molar-refractivity contribution in [2.24, 2.45) is 5.92 Å². The van der Waals surface area contributed by atoms with Crippen LogP contribution >= 0.6 is 34.0 Å². The van der Waals surface area contributed by atoms with Gasteiger partial charge >= 0.3 is 0 Å². The fraction of sp³-hybridized carbons (Fsp3) is 0.714. The van der Waals surface area contributed by atoms with E-state index < -0.39 is 10.0 Å². The third-order valence-electron chi connectivity index (χ3n) is 6.65. The lowest BCUT2D eigenvalue weighted by Gasteiger charge is -2.45. The van der Waals surface area contributed by atoms with E-state index in [-0.39, 0.29) is 51.1 Å². The molecule has 2 atom stereocenters. The normalized spacial score (nSPS) is 25.7. The quantitative estimate of drug-likeness (QED) is 0.507. The van der Waals surface area contributed by atoms with Crippen LogP contribution in [0.4, 0.5) is 4.39 Å². The van der Waals surface area contributed by atoms with Crippen molar-refractivity contribution in [1.82, 2.24) is 9.21 Å². The van der Waals surface area contributed by atoms with Gasteiger partial charge in [-0.15, -0.1) is 34.0 Å². The minimum absolute atomic E-state index is 0. The number of hydrogen-bond acceptors (Lipinski definition) is 3. The van der Waals surface area contributed by atoms with Crippen molar-refractivity contribution in [1.29, 1.82) is 0 Å². The average Bonchev–Trinajstić information content (AvgIpc) is 3.50. The van der Waals surface area contributed by atoms with Gasteiger partial charge in [0.2, 0.25) is 10.0 Å². The van der Waals surface area contributed by atoms with Crippen LogP contribution < -0.4 is 0 Å². The Kier molecular flexibility index (Phi) is 9.17.